The van der Waals surface area contributed by atoms with E-state index in [0.29, 0.717) is 17.1 Å². The maximum atomic E-state index is 13.5. The van der Waals surface area contributed by atoms with Gasteiger partial charge in [-0.05, 0) is 90.6 Å². The van der Waals surface area contributed by atoms with E-state index >= 15 is 0 Å². The lowest BCUT2D eigenvalue weighted by molar-refractivity contribution is -0.155. The second-order valence-electron chi connectivity index (χ2n) is 14.7. The standard InChI is InChI=1S/C31H43Cl2N5O8.C7H6Cl2/c1-18(2)25(37-27(41)20(36-29(43)45-31(6,7)8)9-10-24(40)44-30(3,4)5)22(39)13-16-38(28(42)26(32)33)19-11-14-34-21(17-19)23-12-15-35-46-23;1-5-6(8)3-2-4-7(5)9/h11-12,14-15,17-18,20,25-26H,9-10,13,16H2,1-8H3,(H,36,43)(H,37,41);2-4H,1H3. The first-order chi connectivity index (χ1) is 25.5. The number of aromatic nitrogens is 2. The average molecular weight is 846 g/mol. The highest BCUT2D eigenvalue weighted by Gasteiger charge is 2.32. The van der Waals surface area contributed by atoms with Crippen molar-refractivity contribution in [2.24, 2.45) is 5.92 Å². The Labute approximate surface area is 342 Å². The van der Waals surface area contributed by atoms with Gasteiger partial charge < -0.3 is 29.5 Å². The summed E-state index contributed by atoms with van der Waals surface area (Å²) in [4.78, 5) is 69.0. The van der Waals surface area contributed by atoms with E-state index in [4.69, 9.17) is 60.4 Å². The van der Waals surface area contributed by atoms with E-state index < -0.39 is 57.8 Å². The van der Waals surface area contributed by atoms with Gasteiger partial charge in [0.1, 0.15) is 22.9 Å². The number of anilines is 1. The number of ketones is 1. The number of hydrogen-bond donors (Lipinski definition) is 2. The Morgan fingerprint density at radius 2 is 1.49 bits per heavy atom. The summed E-state index contributed by atoms with van der Waals surface area (Å²) in [6.07, 6.45) is 1.57. The first kappa shape index (κ1) is 47.2. The molecule has 3 amide bonds. The molecule has 0 aliphatic carbocycles. The first-order valence-corrected chi connectivity index (χ1v) is 19.0. The molecule has 0 radical (unpaired) electrons. The number of alkyl halides is 2. The van der Waals surface area contributed by atoms with Crippen LogP contribution in [0.5, 0.6) is 0 Å². The molecule has 2 N–H and O–H groups in total. The lowest BCUT2D eigenvalue weighted by Crippen LogP contribution is -2.54. The van der Waals surface area contributed by atoms with Crippen LogP contribution >= 0.6 is 46.4 Å². The molecule has 17 heteroatoms. The summed E-state index contributed by atoms with van der Waals surface area (Å²) in [5, 5.41) is 10.3. The van der Waals surface area contributed by atoms with Crippen molar-refractivity contribution in [1.29, 1.82) is 0 Å². The van der Waals surface area contributed by atoms with Crippen molar-refractivity contribution in [3.05, 3.63) is 64.4 Å². The van der Waals surface area contributed by atoms with Gasteiger partial charge in [0, 0.05) is 47.4 Å². The number of amides is 3. The molecule has 0 aliphatic rings. The molecular weight excluding hydrogens is 796 g/mol. The number of pyridine rings is 1. The number of alkyl carbamates (subject to hydrolysis) is 1. The Kier molecular flexibility index (Phi) is 18.4. The molecule has 13 nitrogen and oxygen atoms in total. The van der Waals surface area contributed by atoms with Crippen LogP contribution in [0, 0.1) is 12.8 Å². The highest BCUT2D eigenvalue weighted by molar-refractivity contribution is 6.54. The number of Topliss-reactive ketones (excluding diaryl/α,β-unsaturated/α-hetero) is 1. The second kappa shape index (κ2) is 21.4. The van der Waals surface area contributed by atoms with Gasteiger partial charge in [-0.3, -0.25) is 24.2 Å². The van der Waals surface area contributed by atoms with E-state index in [1.54, 1.807) is 73.6 Å². The molecular formula is C38H49Cl4N5O8. The zero-order valence-corrected chi connectivity index (χ0v) is 35.4. The smallest absolute Gasteiger partial charge is 0.408 e. The van der Waals surface area contributed by atoms with Gasteiger partial charge in [0.05, 0.1) is 12.2 Å². The molecule has 0 bridgehead atoms. The van der Waals surface area contributed by atoms with Crippen LogP contribution in [0.25, 0.3) is 11.5 Å². The molecule has 3 aromatic rings. The number of carbonyl (C=O) groups excluding carboxylic acids is 5. The lowest BCUT2D eigenvalue weighted by atomic mass is 9.96. The van der Waals surface area contributed by atoms with Crippen LogP contribution in [-0.4, -0.2) is 74.5 Å². The van der Waals surface area contributed by atoms with Gasteiger partial charge in [0.15, 0.2) is 16.4 Å². The van der Waals surface area contributed by atoms with Gasteiger partial charge in [-0.2, -0.15) is 0 Å². The zero-order chi connectivity index (χ0) is 41.7. The number of carbonyl (C=O) groups is 5. The highest BCUT2D eigenvalue weighted by atomic mass is 35.5. The van der Waals surface area contributed by atoms with Crippen LogP contribution in [0.4, 0.5) is 10.5 Å². The summed E-state index contributed by atoms with van der Waals surface area (Å²) < 4.78 is 15.8. The number of ether oxygens (including phenoxy) is 2. The third-order valence-electron chi connectivity index (χ3n) is 7.36. The van der Waals surface area contributed by atoms with Crippen LogP contribution in [0.2, 0.25) is 10.0 Å². The van der Waals surface area contributed by atoms with E-state index in [0.717, 1.165) is 15.6 Å². The lowest BCUT2D eigenvalue weighted by Gasteiger charge is -2.28. The summed E-state index contributed by atoms with van der Waals surface area (Å²) in [7, 11) is 0. The van der Waals surface area contributed by atoms with E-state index in [9.17, 15) is 24.0 Å². The maximum Gasteiger partial charge on any atom is 0.408 e. The van der Waals surface area contributed by atoms with Crippen molar-refractivity contribution in [2.45, 2.75) is 110 Å². The quantitative estimate of drug-likeness (QED) is 0.119. The molecule has 1 aromatic carbocycles. The van der Waals surface area contributed by atoms with Crippen LogP contribution in [0.1, 0.15) is 80.2 Å². The van der Waals surface area contributed by atoms with E-state index in [-0.39, 0.29) is 31.7 Å². The third kappa shape index (κ3) is 16.8. The molecule has 2 atom stereocenters. The fraction of sp³-hybridized carbons (Fsp3) is 0.500. The van der Waals surface area contributed by atoms with Gasteiger partial charge in [-0.15, -0.1) is 0 Å². The van der Waals surface area contributed by atoms with E-state index in [1.165, 1.54) is 17.3 Å². The van der Waals surface area contributed by atoms with Gasteiger partial charge in [-0.25, -0.2) is 4.79 Å². The third-order valence-corrected chi connectivity index (χ3v) is 8.55. The summed E-state index contributed by atoms with van der Waals surface area (Å²) in [5.41, 5.74) is 0.117. The molecule has 55 heavy (non-hydrogen) atoms. The molecule has 0 fully saturated rings. The van der Waals surface area contributed by atoms with Crippen LogP contribution in [0.15, 0.2) is 53.3 Å². The second-order valence-corrected chi connectivity index (χ2v) is 16.6. The first-order valence-electron chi connectivity index (χ1n) is 17.4. The minimum absolute atomic E-state index is 0.107. The number of hydrogen-bond acceptors (Lipinski definition) is 10. The van der Waals surface area contributed by atoms with Gasteiger partial charge in [-0.1, -0.05) is 71.5 Å². The molecule has 0 spiro atoms. The molecule has 2 aromatic heterocycles. The number of nitrogens with zero attached hydrogens (tertiary/aromatic N) is 3. The maximum absolute atomic E-state index is 13.5. The van der Waals surface area contributed by atoms with Crippen LogP contribution in [0.3, 0.4) is 0 Å². The molecule has 2 heterocycles. The average Bonchev–Trinajstić information content (AvgIpc) is 3.62. The van der Waals surface area contributed by atoms with Crippen LogP contribution in [-0.2, 0) is 28.7 Å². The van der Waals surface area contributed by atoms with Crippen molar-refractivity contribution >= 4 is 81.8 Å². The summed E-state index contributed by atoms with van der Waals surface area (Å²) in [5.74, 6) is -2.32. The topological polar surface area (TPSA) is 170 Å². The summed E-state index contributed by atoms with van der Waals surface area (Å²) in [6, 6.07) is 7.98. The number of rotatable bonds is 14. The van der Waals surface area contributed by atoms with Crippen molar-refractivity contribution in [2.75, 3.05) is 11.4 Å². The Bertz CT molecular complexity index is 1740. The molecule has 0 aliphatic heterocycles. The Morgan fingerprint density at radius 3 is 2.00 bits per heavy atom. The fourth-order valence-electron chi connectivity index (χ4n) is 4.76. The minimum Gasteiger partial charge on any atom is -0.460 e. The molecule has 302 valence electrons. The predicted octanol–water partition coefficient (Wildman–Crippen LogP) is 8.29. The van der Waals surface area contributed by atoms with Crippen molar-refractivity contribution in [3.63, 3.8) is 0 Å². The zero-order valence-electron chi connectivity index (χ0n) is 32.4. The number of halogens is 4. The normalized spacial score (nSPS) is 12.6. The minimum atomic E-state index is -1.41. The van der Waals surface area contributed by atoms with Gasteiger partial charge in [0.2, 0.25) is 5.91 Å². The molecule has 2 unspecified atom stereocenters. The van der Waals surface area contributed by atoms with Gasteiger partial charge >= 0.3 is 12.1 Å². The number of nitrogens with one attached hydrogen (secondary N) is 2. The number of benzene rings is 1. The molecule has 0 saturated heterocycles. The largest absolute Gasteiger partial charge is 0.460 e. The van der Waals surface area contributed by atoms with Crippen LogP contribution < -0.4 is 15.5 Å². The van der Waals surface area contributed by atoms with E-state index in [2.05, 4.69) is 20.8 Å². The Balaban J connectivity index is 0.00000101. The van der Waals surface area contributed by atoms with Crippen molar-refractivity contribution in [3.8, 4) is 11.5 Å². The fourth-order valence-corrected chi connectivity index (χ4v) is 5.39. The SMILES string of the molecule is CC(C)C(NC(=O)C(CCC(=O)OC(C)(C)C)NC(=O)OC(C)(C)C)C(=O)CCN(C(=O)C(Cl)Cl)c1ccnc(-c2ccno2)c1.Cc1c(Cl)cccc1Cl. The summed E-state index contributed by atoms with van der Waals surface area (Å²) in [6.45, 7) is 15.4. The Hall–Kier alpha value is -3.91. The Morgan fingerprint density at radius 1 is 0.873 bits per heavy atom. The van der Waals surface area contributed by atoms with Crippen molar-refractivity contribution < 1.29 is 38.0 Å². The van der Waals surface area contributed by atoms with Crippen molar-refractivity contribution in [1.82, 2.24) is 20.8 Å². The molecule has 3 rings (SSSR count). The van der Waals surface area contributed by atoms with Gasteiger partial charge in [0.25, 0.3) is 5.91 Å². The monoisotopic (exact) mass is 843 g/mol. The number of esters is 1. The summed E-state index contributed by atoms with van der Waals surface area (Å²) >= 11 is 23.3. The highest BCUT2D eigenvalue weighted by Crippen LogP contribution is 2.25. The van der Waals surface area contributed by atoms with E-state index in [1.807, 2.05) is 25.1 Å². The molecule has 0 saturated carbocycles. The predicted molar refractivity (Wildman–Crippen MR) is 213 cm³/mol.